The van der Waals surface area contributed by atoms with E-state index in [1.54, 1.807) is 4.90 Å². The van der Waals surface area contributed by atoms with Gasteiger partial charge in [0, 0.05) is 11.3 Å². The van der Waals surface area contributed by atoms with Gasteiger partial charge in [0.25, 0.3) is 0 Å². The number of halogens is 1. The molecule has 1 amide bonds. The number of benzene rings is 2. The van der Waals surface area contributed by atoms with Gasteiger partial charge in [-0.2, -0.15) is 0 Å². The van der Waals surface area contributed by atoms with Crippen LogP contribution in [0.2, 0.25) is 0 Å². The fourth-order valence-corrected chi connectivity index (χ4v) is 2.97. The van der Waals surface area contributed by atoms with Crippen LogP contribution in [0.15, 0.2) is 59.0 Å². The Balaban J connectivity index is 1.92. The van der Waals surface area contributed by atoms with E-state index in [1.807, 2.05) is 61.5 Å². The lowest BCUT2D eigenvalue weighted by atomic mass is 10.1. The molecule has 3 aromatic rings. The van der Waals surface area contributed by atoms with E-state index < -0.39 is 5.38 Å². The van der Waals surface area contributed by atoms with Crippen molar-refractivity contribution in [2.75, 3.05) is 4.90 Å². The van der Waals surface area contributed by atoms with Gasteiger partial charge in [0.1, 0.15) is 11.9 Å². The maximum absolute atomic E-state index is 12.9. The average Bonchev–Trinajstić information content (AvgIpc) is 3.20. The summed E-state index contributed by atoms with van der Waals surface area (Å²) in [4.78, 5) is 14.6. The lowest BCUT2D eigenvalue weighted by molar-refractivity contribution is -0.118. The topological polar surface area (TPSA) is 59.2 Å². The zero-order valence-electron chi connectivity index (χ0n) is 15.4. The van der Waals surface area contributed by atoms with Gasteiger partial charge in [-0.3, -0.25) is 4.79 Å². The highest BCUT2D eigenvalue weighted by molar-refractivity contribution is 6.32. The molecule has 0 aliphatic rings. The molecule has 1 unspecified atom stereocenters. The summed E-state index contributed by atoms with van der Waals surface area (Å²) in [5.41, 5.74) is 2.73. The van der Waals surface area contributed by atoms with Crippen LogP contribution in [0.4, 0.5) is 5.69 Å². The summed E-state index contributed by atoms with van der Waals surface area (Å²) in [5, 5.41) is 7.63. The molecule has 2 aromatic carbocycles. The molecule has 1 atom stereocenters. The number of aromatic nitrogens is 2. The zero-order valence-corrected chi connectivity index (χ0v) is 16.2. The highest BCUT2D eigenvalue weighted by atomic mass is 35.5. The molecule has 0 N–H and O–H groups in total. The van der Waals surface area contributed by atoms with Crippen molar-refractivity contribution in [1.29, 1.82) is 0 Å². The molecule has 0 bridgehead atoms. The number of amides is 1. The Morgan fingerprint density at radius 3 is 2.48 bits per heavy atom. The van der Waals surface area contributed by atoms with Gasteiger partial charge in [-0.15, -0.1) is 21.8 Å². The van der Waals surface area contributed by atoms with Crippen molar-refractivity contribution in [3.63, 3.8) is 0 Å². The monoisotopic (exact) mass is 383 g/mol. The molecule has 3 rings (SSSR count). The lowest BCUT2D eigenvalue weighted by Gasteiger charge is -2.25. The highest BCUT2D eigenvalue weighted by Gasteiger charge is 2.26. The van der Waals surface area contributed by atoms with Gasteiger partial charge >= 0.3 is 0 Å². The van der Waals surface area contributed by atoms with Crippen LogP contribution in [0.1, 0.15) is 31.7 Å². The fourth-order valence-electron chi connectivity index (χ4n) is 2.85. The first-order valence-electron chi connectivity index (χ1n) is 9.05. The quantitative estimate of drug-likeness (QED) is 0.547. The largest absolute Gasteiger partial charge is 0.419 e. The Morgan fingerprint density at radius 1 is 1.07 bits per heavy atom. The molecule has 0 aliphatic carbocycles. The van der Waals surface area contributed by atoms with Crippen molar-refractivity contribution >= 4 is 23.2 Å². The van der Waals surface area contributed by atoms with E-state index in [-0.39, 0.29) is 12.5 Å². The standard InChI is InChI=1S/C21H22ClN3O2/c1-3-15-10-8-9-13-18(15)25(21(26)17(22)4-2)14-19-23-24-20(27-19)16-11-6-5-7-12-16/h5-13,17H,3-4,14H2,1-2H3. The SMILES string of the molecule is CCc1ccccc1N(Cc1nnc(-c2ccccc2)o1)C(=O)C(Cl)CC. The zero-order chi connectivity index (χ0) is 19.2. The van der Waals surface area contributed by atoms with Crippen molar-refractivity contribution in [3.8, 4) is 11.5 Å². The van der Waals surface area contributed by atoms with E-state index in [4.69, 9.17) is 16.0 Å². The van der Waals surface area contributed by atoms with Gasteiger partial charge in [-0.05, 0) is 36.6 Å². The highest BCUT2D eigenvalue weighted by Crippen LogP contribution is 2.26. The van der Waals surface area contributed by atoms with Crippen LogP contribution in [0.5, 0.6) is 0 Å². The minimum Gasteiger partial charge on any atom is -0.419 e. The van der Waals surface area contributed by atoms with Crippen LogP contribution in [0, 0.1) is 0 Å². The molecule has 0 aliphatic heterocycles. The smallest absolute Gasteiger partial charge is 0.247 e. The summed E-state index contributed by atoms with van der Waals surface area (Å²) in [5.74, 6) is 0.632. The van der Waals surface area contributed by atoms with Gasteiger partial charge in [0.15, 0.2) is 0 Å². The molecule has 0 fully saturated rings. The van der Waals surface area contributed by atoms with E-state index in [2.05, 4.69) is 17.1 Å². The van der Waals surface area contributed by atoms with E-state index >= 15 is 0 Å². The molecule has 5 nitrogen and oxygen atoms in total. The minimum atomic E-state index is -0.605. The molecule has 1 heterocycles. The molecular formula is C21H22ClN3O2. The Morgan fingerprint density at radius 2 is 1.78 bits per heavy atom. The third-order valence-corrected chi connectivity index (χ3v) is 4.83. The maximum Gasteiger partial charge on any atom is 0.247 e. The number of hydrogen-bond donors (Lipinski definition) is 0. The number of aryl methyl sites for hydroxylation is 1. The minimum absolute atomic E-state index is 0.167. The third-order valence-electron chi connectivity index (χ3n) is 4.34. The number of para-hydroxylation sites is 1. The summed E-state index contributed by atoms with van der Waals surface area (Å²) >= 11 is 6.27. The predicted octanol–water partition coefficient (Wildman–Crippen LogP) is 4.85. The molecule has 140 valence electrons. The molecular weight excluding hydrogens is 362 g/mol. The average molecular weight is 384 g/mol. The summed E-state index contributed by atoms with van der Waals surface area (Å²) in [6, 6.07) is 17.3. The third kappa shape index (κ3) is 4.37. The number of anilines is 1. The molecule has 0 radical (unpaired) electrons. The van der Waals surface area contributed by atoms with Crippen LogP contribution < -0.4 is 4.90 Å². The summed E-state index contributed by atoms with van der Waals surface area (Å²) < 4.78 is 5.80. The van der Waals surface area contributed by atoms with Crippen molar-refractivity contribution in [1.82, 2.24) is 10.2 Å². The first-order valence-corrected chi connectivity index (χ1v) is 9.48. The number of carbonyl (C=O) groups is 1. The van der Waals surface area contributed by atoms with Crippen molar-refractivity contribution in [2.24, 2.45) is 0 Å². The Labute approximate surface area is 164 Å². The van der Waals surface area contributed by atoms with Crippen molar-refractivity contribution < 1.29 is 9.21 Å². The molecule has 1 aromatic heterocycles. The first-order chi connectivity index (χ1) is 13.1. The number of rotatable bonds is 7. The van der Waals surface area contributed by atoms with Gasteiger partial charge in [-0.25, -0.2) is 0 Å². The summed E-state index contributed by atoms with van der Waals surface area (Å²) in [6.45, 7) is 4.12. The van der Waals surface area contributed by atoms with E-state index in [9.17, 15) is 4.79 Å². The Hall–Kier alpha value is -2.66. The van der Waals surface area contributed by atoms with Crippen LogP contribution in [-0.2, 0) is 17.8 Å². The van der Waals surface area contributed by atoms with Gasteiger partial charge in [0.05, 0.1) is 0 Å². The summed E-state index contributed by atoms with van der Waals surface area (Å²) in [7, 11) is 0. The molecule has 27 heavy (non-hydrogen) atoms. The second kappa shape index (κ2) is 8.82. The van der Waals surface area contributed by atoms with Gasteiger partial charge < -0.3 is 9.32 Å². The van der Waals surface area contributed by atoms with E-state index in [0.717, 1.165) is 23.2 Å². The van der Waals surface area contributed by atoms with Crippen LogP contribution >= 0.6 is 11.6 Å². The second-order valence-corrected chi connectivity index (χ2v) is 6.68. The van der Waals surface area contributed by atoms with Crippen molar-refractivity contribution in [3.05, 3.63) is 66.1 Å². The van der Waals surface area contributed by atoms with Crippen LogP contribution in [-0.4, -0.2) is 21.5 Å². The number of carbonyl (C=O) groups excluding carboxylic acids is 1. The Kier molecular flexibility index (Phi) is 6.24. The van der Waals surface area contributed by atoms with Gasteiger partial charge in [0.2, 0.25) is 17.7 Å². The maximum atomic E-state index is 12.9. The normalized spacial score (nSPS) is 12.0. The predicted molar refractivity (Wildman–Crippen MR) is 107 cm³/mol. The van der Waals surface area contributed by atoms with E-state index in [0.29, 0.717) is 18.2 Å². The summed E-state index contributed by atoms with van der Waals surface area (Å²) in [6.07, 6.45) is 1.35. The van der Waals surface area contributed by atoms with E-state index in [1.165, 1.54) is 0 Å². The van der Waals surface area contributed by atoms with Crippen LogP contribution in [0.3, 0.4) is 0 Å². The number of alkyl halides is 1. The molecule has 0 saturated heterocycles. The number of hydrogen-bond acceptors (Lipinski definition) is 4. The molecule has 0 saturated carbocycles. The van der Waals surface area contributed by atoms with Gasteiger partial charge in [-0.1, -0.05) is 50.2 Å². The lowest BCUT2D eigenvalue weighted by Crippen LogP contribution is -2.37. The second-order valence-electron chi connectivity index (χ2n) is 6.15. The first kappa shape index (κ1) is 19.1. The number of nitrogens with zero attached hydrogens (tertiary/aromatic N) is 3. The molecule has 0 spiro atoms. The van der Waals surface area contributed by atoms with Crippen LogP contribution in [0.25, 0.3) is 11.5 Å². The fraction of sp³-hybridized carbons (Fsp3) is 0.286. The molecule has 6 heteroatoms. The van der Waals surface area contributed by atoms with Crippen molar-refractivity contribution in [2.45, 2.75) is 38.6 Å². The Bertz CT molecular complexity index is 895.